The minimum Gasteiger partial charge on any atom is -0.490 e. The van der Waals surface area contributed by atoms with Gasteiger partial charge in [0.05, 0.1) is 38.6 Å². The van der Waals surface area contributed by atoms with Crippen LogP contribution < -0.4 is 9.47 Å². The highest BCUT2D eigenvalue weighted by atomic mass is 16.5. The highest BCUT2D eigenvalue weighted by molar-refractivity contribution is 6.10. The molecule has 0 saturated carbocycles. The first-order chi connectivity index (χ1) is 21.4. The lowest BCUT2D eigenvalue weighted by Gasteiger charge is -2.35. The molecule has 0 aliphatic carbocycles. The van der Waals surface area contributed by atoms with E-state index in [1.807, 2.05) is 59.8 Å². The van der Waals surface area contributed by atoms with Gasteiger partial charge in [-0.05, 0) is 37.2 Å². The van der Waals surface area contributed by atoms with E-state index in [0.29, 0.717) is 45.1 Å². The van der Waals surface area contributed by atoms with E-state index in [1.54, 1.807) is 0 Å². The third kappa shape index (κ3) is 5.82. The second kappa shape index (κ2) is 13.0. The zero-order valence-electron chi connectivity index (χ0n) is 26.2. The van der Waals surface area contributed by atoms with Crippen molar-refractivity contribution >= 4 is 16.8 Å². The second-order valence-corrected chi connectivity index (χ2v) is 12.3. The lowest BCUT2D eigenvalue weighted by molar-refractivity contribution is -0.0242. The number of likely N-dealkylation sites (N-methyl/N-ethyl adjacent to an activating group) is 1. The van der Waals surface area contributed by atoms with Gasteiger partial charge in [-0.1, -0.05) is 61.5 Å². The van der Waals surface area contributed by atoms with Gasteiger partial charge in [0.1, 0.15) is 5.69 Å². The fourth-order valence-corrected chi connectivity index (χ4v) is 6.57. The van der Waals surface area contributed by atoms with Crippen molar-refractivity contribution in [3.05, 3.63) is 83.6 Å². The van der Waals surface area contributed by atoms with Gasteiger partial charge in [0.25, 0.3) is 5.91 Å². The Bertz CT molecular complexity index is 1630. The molecule has 44 heavy (non-hydrogen) atoms. The van der Waals surface area contributed by atoms with Crippen LogP contribution in [0.4, 0.5) is 0 Å². The average molecular weight is 598 g/mol. The third-order valence-electron chi connectivity index (χ3n) is 9.01. The molecule has 0 bridgehead atoms. The SMILES string of the molecule is C[C@@H]1CN([C@@H](C)CO)C(=O)c2c(c3ccccc3n2C)-c2ccccc2CO[C@H]1CN(C)Cc1cccc2c1OCCCO2. The first kappa shape index (κ1) is 30.2. The minimum atomic E-state index is -0.359. The van der Waals surface area contributed by atoms with Gasteiger partial charge in [0.2, 0.25) is 0 Å². The summed E-state index contributed by atoms with van der Waals surface area (Å²) in [5.74, 6) is 1.52. The molecule has 1 aromatic heterocycles. The van der Waals surface area contributed by atoms with Crippen molar-refractivity contribution in [2.45, 2.75) is 45.6 Å². The molecule has 6 rings (SSSR count). The molecule has 0 saturated heterocycles. The van der Waals surface area contributed by atoms with Crippen LogP contribution in [-0.4, -0.2) is 77.5 Å². The molecule has 0 spiro atoms. The molecule has 0 fully saturated rings. The van der Waals surface area contributed by atoms with E-state index in [1.165, 1.54) is 0 Å². The summed E-state index contributed by atoms with van der Waals surface area (Å²) >= 11 is 0. The number of carbonyl (C=O) groups excluding carboxylic acids is 1. The predicted molar refractivity (Wildman–Crippen MR) is 172 cm³/mol. The molecule has 3 atom stereocenters. The fraction of sp³-hybridized carbons (Fsp3) is 0.417. The largest absolute Gasteiger partial charge is 0.490 e. The molecule has 8 nitrogen and oxygen atoms in total. The van der Waals surface area contributed by atoms with E-state index >= 15 is 0 Å². The van der Waals surface area contributed by atoms with Crippen molar-refractivity contribution in [2.75, 3.05) is 40.0 Å². The smallest absolute Gasteiger partial charge is 0.271 e. The Kier molecular flexibility index (Phi) is 8.93. The Morgan fingerprint density at radius 1 is 1.02 bits per heavy atom. The summed E-state index contributed by atoms with van der Waals surface area (Å²) in [7, 11) is 4.05. The standard InChI is InChI=1S/C36H43N3O5/c1-24-19-39(25(2)22-40)36(41)34-33(29-14-7-8-15-30(29)38(34)4)28-13-6-5-11-27(28)23-44-32(24)21-37(3)20-26-12-9-16-31-35(26)43-18-10-17-42-31/h5-9,11-16,24-25,32,40H,10,17-23H2,1-4H3/t24-,25+,32+/m1/s1. The number of carbonyl (C=O) groups is 1. The summed E-state index contributed by atoms with van der Waals surface area (Å²) < 4.78 is 20.8. The van der Waals surface area contributed by atoms with Crippen molar-refractivity contribution in [1.29, 1.82) is 0 Å². The summed E-state index contributed by atoms with van der Waals surface area (Å²) in [4.78, 5) is 18.6. The summed E-state index contributed by atoms with van der Waals surface area (Å²) in [6.45, 7) is 7.41. The third-order valence-corrected chi connectivity index (χ3v) is 9.01. The number of rotatable bonds is 6. The quantitative estimate of drug-likeness (QED) is 0.317. The van der Waals surface area contributed by atoms with Crippen LogP contribution in [0.1, 0.15) is 41.9 Å². The van der Waals surface area contributed by atoms with Gasteiger partial charge in [-0.25, -0.2) is 0 Å². The van der Waals surface area contributed by atoms with Crippen LogP contribution in [0.25, 0.3) is 22.0 Å². The Hall–Kier alpha value is -3.85. The maximum atomic E-state index is 14.6. The first-order valence-corrected chi connectivity index (χ1v) is 15.6. The number of nitrogens with zero attached hydrogens (tertiary/aromatic N) is 3. The number of para-hydroxylation sites is 2. The number of aliphatic hydroxyl groups is 1. The number of aromatic nitrogens is 1. The Morgan fingerprint density at radius 3 is 2.64 bits per heavy atom. The Labute approximate surface area is 259 Å². The number of aliphatic hydroxyl groups excluding tert-OH is 1. The molecule has 3 heterocycles. The Morgan fingerprint density at radius 2 is 1.80 bits per heavy atom. The first-order valence-electron chi connectivity index (χ1n) is 15.6. The lowest BCUT2D eigenvalue weighted by Crippen LogP contribution is -2.47. The van der Waals surface area contributed by atoms with Crippen molar-refractivity contribution in [3.63, 3.8) is 0 Å². The van der Waals surface area contributed by atoms with Crippen LogP contribution in [0, 0.1) is 5.92 Å². The molecule has 0 unspecified atom stereocenters. The summed E-state index contributed by atoms with van der Waals surface area (Å²) in [5, 5.41) is 11.3. The van der Waals surface area contributed by atoms with Gasteiger partial charge in [-0.2, -0.15) is 0 Å². The van der Waals surface area contributed by atoms with Crippen LogP contribution in [0.3, 0.4) is 0 Å². The van der Waals surface area contributed by atoms with Crippen molar-refractivity contribution < 1.29 is 24.1 Å². The molecule has 232 valence electrons. The monoisotopic (exact) mass is 597 g/mol. The fourth-order valence-electron chi connectivity index (χ4n) is 6.57. The minimum absolute atomic E-state index is 0.00808. The summed E-state index contributed by atoms with van der Waals surface area (Å²) in [5.41, 5.74) is 5.66. The van der Waals surface area contributed by atoms with Crippen molar-refractivity contribution in [3.8, 4) is 22.6 Å². The number of benzene rings is 3. The Balaban J connectivity index is 1.36. The topological polar surface area (TPSA) is 76.4 Å². The van der Waals surface area contributed by atoms with Gasteiger partial charge in [-0.15, -0.1) is 0 Å². The van der Waals surface area contributed by atoms with Gasteiger partial charge >= 0.3 is 0 Å². The van der Waals surface area contributed by atoms with E-state index in [4.69, 9.17) is 14.2 Å². The van der Waals surface area contributed by atoms with Crippen molar-refractivity contribution in [2.24, 2.45) is 13.0 Å². The molecule has 8 heteroatoms. The molecule has 1 N–H and O–H groups in total. The number of amides is 1. The van der Waals surface area contributed by atoms with E-state index in [9.17, 15) is 9.90 Å². The van der Waals surface area contributed by atoms with E-state index < -0.39 is 0 Å². The van der Waals surface area contributed by atoms with E-state index in [0.717, 1.165) is 51.1 Å². The maximum Gasteiger partial charge on any atom is 0.271 e. The number of hydrogen-bond donors (Lipinski definition) is 1. The highest BCUT2D eigenvalue weighted by Gasteiger charge is 2.33. The molecular formula is C36H43N3O5. The molecule has 2 aliphatic rings. The lowest BCUT2D eigenvalue weighted by atomic mass is 9.96. The average Bonchev–Trinajstić information content (AvgIpc) is 3.16. The normalized spacial score (nSPS) is 19.7. The molecule has 4 aromatic rings. The molecular weight excluding hydrogens is 554 g/mol. The van der Waals surface area contributed by atoms with E-state index in [2.05, 4.69) is 49.2 Å². The predicted octanol–water partition coefficient (Wildman–Crippen LogP) is 5.50. The molecule has 2 aliphatic heterocycles. The van der Waals surface area contributed by atoms with E-state index in [-0.39, 0.29) is 30.6 Å². The number of ether oxygens (including phenoxy) is 3. The van der Waals surface area contributed by atoms with Crippen LogP contribution in [0.2, 0.25) is 0 Å². The van der Waals surface area contributed by atoms with Crippen LogP contribution in [0.15, 0.2) is 66.7 Å². The van der Waals surface area contributed by atoms with Crippen molar-refractivity contribution in [1.82, 2.24) is 14.4 Å². The summed E-state index contributed by atoms with van der Waals surface area (Å²) in [6.07, 6.45) is 0.687. The van der Waals surface area contributed by atoms with Crippen LogP contribution in [0.5, 0.6) is 11.5 Å². The molecule has 1 amide bonds. The van der Waals surface area contributed by atoms with Gasteiger partial charge in [-0.3, -0.25) is 9.69 Å². The van der Waals surface area contributed by atoms with Crippen LogP contribution >= 0.6 is 0 Å². The number of fused-ring (bicyclic) bond motifs is 6. The van der Waals surface area contributed by atoms with Gasteiger partial charge in [0, 0.05) is 61.1 Å². The highest BCUT2D eigenvalue weighted by Crippen LogP contribution is 2.39. The molecule has 0 radical (unpaired) electrons. The van der Waals surface area contributed by atoms with Gasteiger partial charge < -0.3 is 28.8 Å². The second-order valence-electron chi connectivity index (χ2n) is 12.3. The summed E-state index contributed by atoms with van der Waals surface area (Å²) in [6, 6.07) is 22.1. The van der Waals surface area contributed by atoms with Gasteiger partial charge in [0.15, 0.2) is 11.5 Å². The van der Waals surface area contributed by atoms with Crippen LogP contribution in [-0.2, 0) is 24.9 Å². The molecule has 3 aromatic carbocycles. The zero-order valence-corrected chi connectivity index (χ0v) is 26.2. The number of aryl methyl sites for hydroxylation is 1. The zero-order chi connectivity index (χ0) is 30.8. The maximum absolute atomic E-state index is 14.6. The number of hydrogen-bond acceptors (Lipinski definition) is 6.